The SMILES string of the molecule is COc1cc(/C=C2/SC(=O)N(CC(=O)Nc3ccc(N4CCOCC4)cc3)C2=O)ccc1C. The molecule has 2 fully saturated rings. The predicted octanol–water partition coefficient (Wildman–Crippen LogP) is 3.52. The molecular weight excluding hydrogens is 442 g/mol. The molecule has 2 heterocycles. The standard InChI is InChI=1S/C24H25N3O5S/c1-16-3-4-17(13-20(16)31-2)14-21-23(29)27(24(30)33-21)15-22(28)25-18-5-7-19(8-6-18)26-9-11-32-12-10-26/h3-8,13-14H,9-12,15H2,1-2H3,(H,25,28)/b21-14+. The predicted molar refractivity (Wildman–Crippen MR) is 129 cm³/mol. The van der Waals surface area contributed by atoms with Gasteiger partial charge in [-0.15, -0.1) is 0 Å². The number of amides is 3. The summed E-state index contributed by atoms with van der Waals surface area (Å²) in [5.41, 5.74) is 3.37. The van der Waals surface area contributed by atoms with E-state index in [9.17, 15) is 14.4 Å². The van der Waals surface area contributed by atoms with Crippen molar-refractivity contribution in [2.24, 2.45) is 0 Å². The monoisotopic (exact) mass is 467 g/mol. The van der Waals surface area contributed by atoms with Gasteiger partial charge in [0, 0.05) is 24.5 Å². The zero-order valence-electron chi connectivity index (χ0n) is 18.5. The van der Waals surface area contributed by atoms with E-state index < -0.39 is 17.1 Å². The van der Waals surface area contributed by atoms with Crippen molar-refractivity contribution < 1.29 is 23.9 Å². The minimum atomic E-state index is -0.484. The lowest BCUT2D eigenvalue weighted by molar-refractivity contribution is -0.127. The maximum atomic E-state index is 12.7. The fourth-order valence-electron chi connectivity index (χ4n) is 3.64. The number of ether oxygens (including phenoxy) is 2. The van der Waals surface area contributed by atoms with E-state index >= 15 is 0 Å². The van der Waals surface area contributed by atoms with E-state index in [2.05, 4.69) is 10.2 Å². The van der Waals surface area contributed by atoms with Crippen molar-refractivity contribution in [1.82, 2.24) is 4.90 Å². The maximum absolute atomic E-state index is 12.7. The summed E-state index contributed by atoms with van der Waals surface area (Å²) in [5.74, 6) is -0.223. The quantitative estimate of drug-likeness (QED) is 0.651. The highest BCUT2D eigenvalue weighted by Crippen LogP contribution is 2.33. The van der Waals surface area contributed by atoms with Crippen LogP contribution in [0.25, 0.3) is 6.08 Å². The highest BCUT2D eigenvalue weighted by Gasteiger charge is 2.36. The minimum absolute atomic E-state index is 0.272. The van der Waals surface area contributed by atoms with Crippen LogP contribution < -0.4 is 15.0 Å². The number of carbonyl (C=O) groups excluding carboxylic acids is 3. The fraction of sp³-hybridized carbons (Fsp3) is 0.292. The van der Waals surface area contributed by atoms with E-state index in [1.807, 2.05) is 31.2 Å². The summed E-state index contributed by atoms with van der Waals surface area (Å²) in [5, 5.41) is 2.28. The van der Waals surface area contributed by atoms with Gasteiger partial charge in [0.15, 0.2) is 0 Å². The van der Waals surface area contributed by atoms with Crippen molar-refractivity contribution in [2.45, 2.75) is 6.92 Å². The van der Waals surface area contributed by atoms with Crippen LogP contribution in [-0.2, 0) is 14.3 Å². The summed E-state index contributed by atoms with van der Waals surface area (Å²) in [7, 11) is 1.58. The number of nitrogens with one attached hydrogen (secondary N) is 1. The highest BCUT2D eigenvalue weighted by molar-refractivity contribution is 8.18. The van der Waals surface area contributed by atoms with E-state index in [0.717, 1.165) is 46.6 Å². The summed E-state index contributed by atoms with van der Waals surface area (Å²) in [6, 6.07) is 13.0. The Morgan fingerprint density at radius 3 is 2.58 bits per heavy atom. The molecule has 172 valence electrons. The highest BCUT2D eigenvalue weighted by atomic mass is 32.2. The number of hydrogen-bond acceptors (Lipinski definition) is 7. The van der Waals surface area contributed by atoms with Gasteiger partial charge in [-0.3, -0.25) is 19.3 Å². The van der Waals surface area contributed by atoms with E-state index in [-0.39, 0.29) is 11.4 Å². The third-order valence-corrected chi connectivity index (χ3v) is 6.34. The van der Waals surface area contributed by atoms with Gasteiger partial charge in [-0.25, -0.2) is 0 Å². The fourth-order valence-corrected chi connectivity index (χ4v) is 4.47. The molecule has 8 nitrogen and oxygen atoms in total. The Labute approximate surface area is 196 Å². The zero-order chi connectivity index (χ0) is 23.4. The van der Waals surface area contributed by atoms with Crippen LogP contribution in [0.4, 0.5) is 16.2 Å². The maximum Gasteiger partial charge on any atom is 0.294 e. The van der Waals surface area contributed by atoms with Gasteiger partial charge in [0.1, 0.15) is 12.3 Å². The number of imide groups is 1. The molecule has 1 N–H and O–H groups in total. The molecular formula is C24H25N3O5S. The summed E-state index contributed by atoms with van der Waals surface area (Å²) in [4.78, 5) is 41.1. The summed E-state index contributed by atoms with van der Waals surface area (Å²) < 4.78 is 10.7. The van der Waals surface area contributed by atoms with Gasteiger partial charge < -0.3 is 19.7 Å². The molecule has 0 spiro atoms. The number of hydrogen-bond donors (Lipinski definition) is 1. The second-order valence-electron chi connectivity index (χ2n) is 7.69. The van der Waals surface area contributed by atoms with Crippen molar-refractivity contribution in [2.75, 3.05) is 50.2 Å². The number of methoxy groups -OCH3 is 1. The van der Waals surface area contributed by atoms with Crippen LogP contribution in [0.3, 0.4) is 0 Å². The molecule has 2 aliphatic rings. The number of nitrogens with zero attached hydrogens (tertiary/aromatic N) is 2. The lowest BCUT2D eigenvalue weighted by Gasteiger charge is -2.28. The molecule has 0 aliphatic carbocycles. The van der Waals surface area contributed by atoms with Gasteiger partial charge in [0.05, 0.1) is 25.2 Å². The first kappa shape index (κ1) is 22.9. The van der Waals surface area contributed by atoms with Gasteiger partial charge >= 0.3 is 0 Å². The topological polar surface area (TPSA) is 88.2 Å². The van der Waals surface area contributed by atoms with Crippen LogP contribution in [0.2, 0.25) is 0 Å². The molecule has 0 radical (unpaired) electrons. The molecule has 0 bridgehead atoms. The molecule has 0 aromatic heterocycles. The number of rotatable bonds is 6. The summed E-state index contributed by atoms with van der Waals surface area (Å²) in [6.45, 7) is 4.63. The zero-order valence-corrected chi connectivity index (χ0v) is 19.3. The van der Waals surface area contributed by atoms with Gasteiger partial charge in [0.2, 0.25) is 5.91 Å². The smallest absolute Gasteiger partial charge is 0.294 e. The second-order valence-corrected chi connectivity index (χ2v) is 8.68. The van der Waals surface area contributed by atoms with Crippen LogP contribution in [-0.4, -0.2) is 61.9 Å². The molecule has 33 heavy (non-hydrogen) atoms. The average molecular weight is 468 g/mol. The van der Waals surface area contributed by atoms with E-state index in [1.54, 1.807) is 31.4 Å². The largest absolute Gasteiger partial charge is 0.496 e. The molecule has 9 heteroatoms. The lowest BCUT2D eigenvalue weighted by Crippen LogP contribution is -2.36. The Morgan fingerprint density at radius 1 is 1.15 bits per heavy atom. The minimum Gasteiger partial charge on any atom is -0.496 e. The first-order valence-electron chi connectivity index (χ1n) is 10.6. The van der Waals surface area contributed by atoms with Crippen molar-refractivity contribution in [1.29, 1.82) is 0 Å². The third kappa shape index (κ3) is 5.37. The van der Waals surface area contributed by atoms with Crippen molar-refractivity contribution in [3.05, 3.63) is 58.5 Å². The van der Waals surface area contributed by atoms with E-state index in [1.165, 1.54) is 0 Å². The Kier molecular flexibility index (Phi) is 7.00. The lowest BCUT2D eigenvalue weighted by atomic mass is 10.1. The molecule has 4 rings (SSSR count). The second kappa shape index (κ2) is 10.1. The van der Waals surface area contributed by atoms with E-state index in [0.29, 0.717) is 24.7 Å². The van der Waals surface area contributed by atoms with Crippen molar-refractivity contribution >= 4 is 46.3 Å². The first-order chi connectivity index (χ1) is 15.9. The number of morpholine rings is 1. The van der Waals surface area contributed by atoms with Gasteiger partial charge in [0.25, 0.3) is 11.1 Å². The van der Waals surface area contributed by atoms with Gasteiger partial charge in [-0.1, -0.05) is 12.1 Å². The van der Waals surface area contributed by atoms with E-state index in [4.69, 9.17) is 9.47 Å². The molecule has 0 saturated carbocycles. The normalized spacial score (nSPS) is 17.6. The van der Waals surface area contributed by atoms with Crippen LogP contribution in [0.1, 0.15) is 11.1 Å². The van der Waals surface area contributed by atoms with Crippen LogP contribution >= 0.6 is 11.8 Å². The van der Waals surface area contributed by atoms with Crippen LogP contribution in [0.5, 0.6) is 5.75 Å². The Bertz CT molecular complexity index is 1090. The molecule has 0 unspecified atom stereocenters. The van der Waals surface area contributed by atoms with Crippen LogP contribution in [0.15, 0.2) is 47.4 Å². The Hall–Kier alpha value is -3.30. The third-order valence-electron chi connectivity index (χ3n) is 5.43. The number of aryl methyl sites for hydroxylation is 1. The molecule has 2 saturated heterocycles. The molecule has 2 aromatic carbocycles. The van der Waals surface area contributed by atoms with Gasteiger partial charge in [-0.2, -0.15) is 0 Å². The van der Waals surface area contributed by atoms with Crippen molar-refractivity contribution in [3.63, 3.8) is 0 Å². The van der Waals surface area contributed by atoms with Crippen molar-refractivity contribution in [3.8, 4) is 5.75 Å². The number of thioether (sulfide) groups is 1. The van der Waals surface area contributed by atoms with Crippen LogP contribution in [0, 0.1) is 6.92 Å². The molecule has 2 aliphatic heterocycles. The molecule has 3 amide bonds. The number of benzene rings is 2. The molecule has 0 atom stereocenters. The number of carbonyl (C=O) groups is 3. The Morgan fingerprint density at radius 2 is 1.88 bits per heavy atom. The summed E-state index contributed by atoms with van der Waals surface area (Å²) in [6.07, 6.45) is 1.63. The first-order valence-corrected chi connectivity index (χ1v) is 11.4. The average Bonchev–Trinajstić information content (AvgIpc) is 3.08. The number of anilines is 2. The molecule has 2 aromatic rings. The van der Waals surface area contributed by atoms with Gasteiger partial charge in [-0.05, 0) is 66.2 Å². The Balaban J connectivity index is 1.38. The summed E-state index contributed by atoms with van der Waals surface area (Å²) >= 11 is 0.822.